The van der Waals surface area contributed by atoms with Crippen LogP contribution in [0.5, 0.6) is 0 Å². The molecule has 0 atom stereocenters. The first kappa shape index (κ1) is 13.7. The zero-order valence-electron chi connectivity index (χ0n) is 10.3. The minimum absolute atomic E-state index is 0.551. The van der Waals surface area contributed by atoms with Crippen LogP contribution < -0.4 is 0 Å². The second kappa shape index (κ2) is 6.41. The van der Waals surface area contributed by atoms with Gasteiger partial charge in [0.2, 0.25) is 0 Å². The fraction of sp³-hybridized carbons (Fsp3) is 0.462. The van der Waals surface area contributed by atoms with Crippen LogP contribution in [0.2, 0.25) is 5.02 Å². The molecule has 0 saturated heterocycles. The monoisotopic (exact) mass is 286 g/mol. The van der Waals surface area contributed by atoms with Gasteiger partial charge in [-0.25, -0.2) is 4.98 Å². The Labute approximate surface area is 117 Å². The van der Waals surface area contributed by atoms with Crippen molar-refractivity contribution < 1.29 is 4.74 Å². The van der Waals surface area contributed by atoms with Crippen LogP contribution in [0.1, 0.15) is 12.7 Å². The lowest BCUT2D eigenvalue weighted by molar-refractivity contribution is 0.139. The third-order valence-electron chi connectivity index (χ3n) is 2.78. The molecule has 2 aromatic rings. The summed E-state index contributed by atoms with van der Waals surface area (Å²) in [7, 11) is 0. The largest absolute Gasteiger partial charge is 0.380 e. The standard InChI is InChI=1S/C13H16Cl2N2O/c1-2-18-9-8-17-12(6-7-14)16-11-5-3-4-10(15)13(11)17/h3-5H,2,6-9H2,1H3. The van der Waals surface area contributed by atoms with Crippen LogP contribution in [0.4, 0.5) is 0 Å². The molecule has 0 amide bonds. The Hall–Kier alpha value is -0.770. The van der Waals surface area contributed by atoms with Crippen molar-refractivity contribution in [2.45, 2.75) is 19.9 Å². The fourth-order valence-corrected chi connectivity index (χ4v) is 2.45. The van der Waals surface area contributed by atoms with Crippen molar-refractivity contribution in [3.8, 4) is 0 Å². The van der Waals surface area contributed by atoms with E-state index in [0.29, 0.717) is 19.1 Å². The molecule has 5 heteroatoms. The highest BCUT2D eigenvalue weighted by Gasteiger charge is 2.12. The van der Waals surface area contributed by atoms with Crippen LogP contribution >= 0.6 is 23.2 Å². The molecule has 0 aliphatic heterocycles. The van der Waals surface area contributed by atoms with Crippen molar-refractivity contribution in [2.24, 2.45) is 0 Å². The fourth-order valence-electron chi connectivity index (χ4n) is 2.01. The van der Waals surface area contributed by atoms with Crippen molar-refractivity contribution in [1.29, 1.82) is 0 Å². The maximum absolute atomic E-state index is 6.25. The second-order valence-corrected chi connectivity index (χ2v) is 4.71. The molecule has 18 heavy (non-hydrogen) atoms. The van der Waals surface area contributed by atoms with E-state index in [9.17, 15) is 0 Å². The highest BCUT2D eigenvalue weighted by Crippen LogP contribution is 2.24. The minimum Gasteiger partial charge on any atom is -0.380 e. The van der Waals surface area contributed by atoms with Crippen LogP contribution in [0, 0.1) is 0 Å². The molecular weight excluding hydrogens is 271 g/mol. The van der Waals surface area contributed by atoms with Gasteiger partial charge in [-0.2, -0.15) is 0 Å². The van der Waals surface area contributed by atoms with Crippen LogP contribution in [-0.2, 0) is 17.7 Å². The van der Waals surface area contributed by atoms with E-state index in [0.717, 1.165) is 34.8 Å². The summed E-state index contributed by atoms with van der Waals surface area (Å²) in [5.41, 5.74) is 1.89. The summed E-state index contributed by atoms with van der Waals surface area (Å²) in [6.45, 7) is 4.10. The summed E-state index contributed by atoms with van der Waals surface area (Å²) in [4.78, 5) is 4.58. The van der Waals surface area contributed by atoms with Gasteiger partial charge in [-0.1, -0.05) is 17.7 Å². The molecule has 0 bridgehead atoms. The number of imidazole rings is 1. The smallest absolute Gasteiger partial charge is 0.111 e. The highest BCUT2D eigenvalue weighted by atomic mass is 35.5. The molecule has 1 aromatic heterocycles. The Morgan fingerprint density at radius 1 is 1.39 bits per heavy atom. The molecule has 0 spiro atoms. The lowest BCUT2D eigenvalue weighted by atomic mass is 10.3. The molecular formula is C13H16Cl2N2O. The molecule has 98 valence electrons. The van der Waals surface area contributed by atoms with Gasteiger partial charge >= 0.3 is 0 Å². The summed E-state index contributed by atoms with van der Waals surface area (Å²) in [5, 5.41) is 0.720. The zero-order chi connectivity index (χ0) is 13.0. The number of para-hydroxylation sites is 1. The average Bonchev–Trinajstić information content (AvgIpc) is 2.70. The number of aryl methyl sites for hydroxylation is 1. The predicted octanol–water partition coefficient (Wildman–Crippen LogP) is 3.51. The van der Waals surface area contributed by atoms with Gasteiger partial charge in [-0.3, -0.25) is 0 Å². The van der Waals surface area contributed by atoms with Gasteiger partial charge in [0.1, 0.15) is 5.82 Å². The second-order valence-electron chi connectivity index (χ2n) is 3.92. The first-order valence-corrected chi connectivity index (χ1v) is 6.96. The van der Waals surface area contributed by atoms with Crippen LogP contribution in [0.15, 0.2) is 18.2 Å². The number of aromatic nitrogens is 2. The molecule has 0 aliphatic rings. The molecule has 0 saturated carbocycles. The van der Waals surface area contributed by atoms with Gasteiger partial charge in [0.05, 0.1) is 22.7 Å². The van der Waals surface area contributed by atoms with Crippen LogP contribution in [-0.4, -0.2) is 28.6 Å². The molecule has 0 fully saturated rings. The van der Waals surface area contributed by atoms with Gasteiger partial charge in [-0.05, 0) is 19.1 Å². The molecule has 0 aliphatic carbocycles. The van der Waals surface area contributed by atoms with Gasteiger partial charge < -0.3 is 9.30 Å². The van der Waals surface area contributed by atoms with Gasteiger partial charge in [0, 0.05) is 25.5 Å². The van der Waals surface area contributed by atoms with E-state index >= 15 is 0 Å². The maximum atomic E-state index is 6.25. The molecule has 1 aromatic carbocycles. The van der Waals surface area contributed by atoms with E-state index in [-0.39, 0.29) is 0 Å². The van der Waals surface area contributed by atoms with Crippen molar-refractivity contribution in [1.82, 2.24) is 9.55 Å². The Morgan fingerprint density at radius 2 is 2.22 bits per heavy atom. The third-order valence-corrected chi connectivity index (χ3v) is 3.27. The van der Waals surface area contributed by atoms with E-state index in [1.807, 2.05) is 25.1 Å². The number of benzene rings is 1. The first-order chi connectivity index (χ1) is 8.77. The molecule has 0 radical (unpaired) electrons. The Kier molecular flexibility index (Phi) is 4.87. The van der Waals surface area contributed by atoms with E-state index in [4.69, 9.17) is 27.9 Å². The van der Waals surface area contributed by atoms with Crippen molar-refractivity contribution in [3.05, 3.63) is 29.0 Å². The summed E-state index contributed by atoms with van der Waals surface area (Å²) >= 11 is 12.1. The number of hydrogen-bond donors (Lipinski definition) is 0. The van der Waals surface area contributed by atoms with Crippen LogP contribution in [0.25, 0.3) is 11.0 Å². The van der Waals surface area contributed by atoms with Gasteiger partial charge in [0.25, 0.3) is 0 Å². The topological polar surface area (TPSA) is 27.1 Å². The maximum Gasteiger partial charge on any atom is 0.111 e. The first-order valence-electron chi connectivity index (χ1n) is 6.05. The number of halogens is 2. The van der Waals surface area contributed by atoms with Crippen LogP contribution in [0.3, 0.4) is 0 Å². The number of ether oxygens (including phenoxy) is 1. The third kappa shape index (κ3) is 2.79. The Bertz CT molecular complexity index is 525. The molecule has 3 nitrogen and oxygen atoms in total. The average molecular weight is 287 g/mol. The predicted molar refractivity (Wildman–Crippen MR) is 75.7 cm³/mol. The van der Waals surface area contributed by atoms with E-state index < -0.39 is 0 Å². The SMILES string of the molecule is CCOCCn1c(CCCl)nc2cccc(Cl)c21. The molecule has 2 rings (SSSR count). The van der Waals surface area contributed by atoms with E-state index in [1.54, 1.807) is 0 Å². The lowest BCUT2D eigenvalue weighted by Gasteiger charge is -2.09. The van der Waals surface area contributed by atoms with Gasteiger partial charge in [0.15, 0.2) is 0 Å². The zero-order valence-corrected chi connectivity index (χ0v) is 11.8. The molecule has 1 heterocycles. The molecule has 0 N–H and O–H groups in total. The number of nitrogens with zero attached hydrogens (tertiary/aromatic N) is 2. The van der Waals surface area contributed by atoms with Crippen molar-refractivity contribution >= 4 is 34.2 Å². The normalized spacial score (nSPS) is 11.3. The Morgan fingerprint density at radius 3 is 2.94 bits per heavy atom. The van der Waals surface area contributed by atoms with Gasteiger partial charge in [-0.15, -0.1) is 11.6 Å². The van der Waals surface area contributed by atoms with E-state index in [2.05, 4.69) is 9.55 Å². The van der Waals surface area contributed by atoms with Crippen molar-refractivity contribution in [2.75, 3.05) is 19.1 Å². The molecule has 0 unspecified atom stereocenters. The number of rotatable bonds is 6. The number of alkyl halides is 1. The number of fused-ring (bicyclic) bond motifs is 1. The summed E-state index contributed by atoms with van der Waals surface area (Å²) in [5.74, 6) is 1.52. The number of hydrogen-bond acceptors (Lipinski definition) is 2. The Balaban J connectivity index is 2.40. The highest BCUT2D eigenvalue weighted by molar-refractivity contribution is 6.35. The lowest BCUT2D eigenvalue weighted by Crippen LogP contribution is -2.10. The van der Waals surface area contributed by atoms with Crippen molar-refractivity contribution in [3.63, 3.8) is 0 Å². The minimum atomic E-state index is 0.551. The quantitative estimate of drug-likeness (QED) is 0.600. The summed E-state index contributed by atoms with van der Waals surface area (Å²) < 4.78 is 7.51. The summed E-state index contributed by atoms with van der Waals surface area (Å²) in [6, 6.07) is 5.76. The summed E-state index contributed by atoms with van der Waals surface area (Å²) in [6.07, 6.45) is 0.735. The van der Waals surface area contributed by atoms with E-state index in [1.165, 1.54) is 0 Å².